The molecule has 1 aliphatic rings. The highest BCUT2D eigenvalue weighted by Gasteiger charge is 2.20. The van der Waals surface area contributed by atoms with E-state index in [1.54, 1.807) is 0 Å². The average molecular weight is 183 g/mol. The molecule has 3 heteroatoms. The first-order valence-corrected chi connectivity index (χ1v) is 5.30. The van der Waals surface area contributed by atoms with E-state index in [2.05, 4.69) is 23.7 Å². The van der Waals surface area contributed by atoms with Gasteiger partial charge in [-0.25, -0.2) is 0 Å². The minimum absolute atomic E-state index is 0.566. The van der Waals surface area contributed by atoms with Crippen LogP contribution >= 0.6 is 0 Å². The molecule has 3 nitrogen and oxygen atoms in total. The van der Waals surface area contributed by atoms with Gasteiger partial charge < -0.3 is 10.6 Å². The van der Waals surface area contributed by atoms with Gasteiger partial charge in [-0.05, 0) is 25.9 Å². The SMILES string of the molecule is CCN(CC)CCC(N)=NC1CC1. The Bertz CT molecular complexity index is 169. The first-order valence-electron chi connectivity index (χ1n) is 5.30. The molecular formula is C10H21N3. The predicted octanol–water partition coefficient (Wildman–Crippen LogP) is 1.24. The third kappa shape index (κ3) is 4.27. The summed E-state index contributed by atoms with van der Waals surface area (Å²) in [6.45, 7) is 7.62. The normalized spacial score (nSPS) is 18.2. The maximum Gasteiger partial charge on any atom is 0.0953 e. The molecule has 0 aromatic rings. The van der Waals surface area contributed by atoms with Crippen molar-refractivity contribution in [2.24, 2.45) is 10.7 Å². The summed E-state index contributed by atoms with van der Waals surface area (Å²) in [5.41, 5.74) is 5.80. The van der Waals surface area contributed by atoms with Crippen LogP contribution in [0.3, 0.4) is 0 Å². The fourth-order valence-electron chi connectivity index (χ4n) is 1.32. The van der Waals surface area contributed by atoms with E-state index in [0.29, 0.717) is 6.04 Å². The largest absolute Gasteiger partial charge is 0.387 e. The van der Waals surface area contributed by atoms with Gasteiger partial charge in [-0.2, -0.15) is 0 Å². The molecular weight excluding hydrogens is 162 g/mol. The van der Waals surface area contributed by atoms with Crippen LogP contribution in [0.25, 0.3) is 0 Å². The van der Waals surface area contributed by atoms with Crippen molar-refractivity contribution in [2.45, 2.75) is 39.2 Å². The molecule has 0 spiro atoms. The first kappa shape index (κ1) is 10.5. The molecule has 0 bridgehead atoms. The van der Waals surface area contributed by atoms with Gasteiger partial charge in [0.05, 0.1) is 11.9 Å². The highest BCUT2D eigenvalue weighted by Crippen LogP contribution is 2.23. The monoisotopic (exact) mass is 183 g/mol. The van der Waals surface area contributed by atoms with Gasteiger partial charge in [0, 0.05) is 13.0 Å². The maximum absolute atomic E-state index is 5.80. The second kappa shape index (κ2) is 5.22. The number of aliphatic imine (C=N–C) groups is 1. The predicted molar refractivity (Wildman–Crippen MR) is 57.0 cm³/mol. The molecule has 1 rings (SSSR count). The molecule has 13 heavy (non-hydrogen) atoms. The Labute approximate surface area is 81.0 Å². The van der Waals surface area contributed by atoms with E-state index >= 15 is 0 Å². The Balaban J connectivity index is 2.15. The Hall–Kier alpha value is -0.570. The molecule has 1 aliphatic carbocycles. The van der Waals surface area contributed by atoms with Gasteiger partial charge in [0.15, 0.2) is 0 Å². The van der Waals surface area contributed by atoms with Crippen LogP contribution in [0.4, 0.5) is 0 Å². The van der Waals surface area contributed by atoms with Gasteiger partial charge in [0.1, 0.15) is 0 Å². The van der Waals surface area contributed by atoms with Gasteiger partial charge in [0.25, 0.3) is 0 Å². The molecule has 0 aromatic heterocycles. The Kier molecular flexibility index (Phi) is 4.22. The van der Waals surface area contributed by atoms with E-state index in [4.69, 9.17) is 5.73 Å². The van der Waals surface area contributed by atoms with E-state index in [-0.39, 0.29) is 0 Å². The second-order valence-electron chi connectivity index (χ2n) is 3.63. The van der Waals surface area contributed by atoms with Crippen molar-refractivity contribution in [2.75, 3.05) is 19.6 Å². The summed E-state index contributed by atoms with van der Waals surface area (Å²) >= 11 is 0. The van der Waals surface area contributed by atoms with Crippen molar-refractivity contribution in [1.82, 2.24) is 4.90 Å². The van der Waals surface area contributed by atoms with Gasteiger partial charge >= 0.3 is 0 Å². The van der Waals surface area contributed by atoms with Gasteiger partial charge in [-0.1, -0.05) is 13.8 Å². The molecule has 0 amide bonds. The number of nitrogens with two attached hydrogens (primary N) is 1. The number of nitrogens with zero attached hydrogens (tertiary/aromatic N) is 2. The zero-order valence-electron chi connectivity index (χ0n) is 8.79. The number of hydrogen-bond donors (Lipinski definition) is 1. The fourth-order valence-corrected chi connectivity index (χ4v) is 1.32. The molecule has 0 aromatic carbocycles. The Morgan fingerprint density at radius 1 is 1.38 bits per heavy atom. The van der Waals surface area contributed by atoms with E-state index in [9.17, 15) is 0 Å². The Morgan fingerprint density at radius 2 is 2.00 bits per heavy atom. The summed E-state index contributed by atoms with van der Waals surface area (Å²) < 4.78 is 0. The topological polar surface area (TPSA) is 41.6 Å². The van der Waals surface area contributed by atoms with Gasteiger partial charge in [-0.3, -0.25) is 4.99 Å². The van der Waals surface area contributed by atoms with Crippen molar-refractivity contribution in [3.05, 3.63) is 0 Å². The molecule has 0 saturated heterocycles. The van der Waals surface area contributed by atoms with E-state index in [1.807, 2.05) is 0 Å². The zero-order chi connectivity index (χ0) is 9.68. The van der Waals surface area contributed by atoms with E-state index in [0.717, 1.165) is 31.9 Å². The van der Waals surface area contributed by atoms with Crippen LogP contribution in [0.15, 0.2) is 4.99 Å². The lowest BCUT2D eigenvalue weighted by Crippen LogP contribution is -2.28. The van der Waals surface area contributed by atoms with Crippen molar-refractivity contribution < 1.29 is 0 Å². The quantitative estimate of drug-likeness (QED) is 0.497. The summed E-state index contributed by atoms with van der Waals surface area (Å²) in [6.07, 6.45) is 3.41. The van der Waals surface area contributed by atoms with Gasteiger partial charge in [0.2, 0.25) is 0 Å². The third-order valence-electron chi connectivity index (χ3n) is 2.47. The van der Waals surface area contributed by atoms with Crippen LogP contribution < -0.4 is 5.73 Å². The summed E-state index contributed by atoms with van der Waals surface area (Å²) in [4.78, 5) is 6.77. The van der Waals surface area contributed by atoms with Crippen LogP contribution in [-0.4, -0.2) is 36.4 Å². The van der Waals surface area contributed by atoms with Crippen molar-refractivity contribution >= 4 is 5.84 Å². The molecule has 0 atom stereocenters. The summed E-state index contributed by atoms with van der Waals surface area (Å²) in [5, 5.41) is 0. The highest BCUT2D eigenvalue weighted by atomic mass is 15.1. The average Bonchev–Trinajstić information content (AvgIpc) is 2.90. The molecule has 1 saturated carbocycles. The highest BCUT2D eigenvalue weighted by molar-refractivity contribution is 5.80. The van der Waals surface area contributed by atoms with E-state index < -0.39 is 0 Å². The van der Waals surface area contributed by atoms with Crippen LogP contribution in [0.5, 0.6) is 0 Å². The van der Waals surface area contributed by atoms with E-state index in [1.165, 1.54) is 12.8 Å². The molecule has 0 radical (unpaired) electrons. The van der Waals surface area contributed by atoms with Crippen LogP contribution in [-0.2, 0) is 0 Å². The number of hydrogen-bond acceptors (Lipinski definition) is 2. The number of rotatable bonds is 6. The molecule has 2 N–H and O–H groups in total. The summed E-state index contributed by atoms with van der Waals surface area (Å²) in [6, 6.07) is 0.566. The lowest BCUT2D eigenvalue weighted by molar-refractivity contribution is 0.313. The molecule has 0 unspecified atom stereocenters. The second-order valence-corrected chi connectivity index (χ2v) is 3.63. The standard InChI is InChI=1S/C10H21N3/c1-3-13(4-2)8-7-10(11)12-9-5-6-9/h9H,3-8H2,1-2H3,(H2,11,12). The first-order chi connectivity index (χ1) is 6.26. The molecule has 0 heterocycles. The molecule has 1 fully saturated rings. The maximum atomic E-state index is 5.80. The minimum atomic E-state index is 0.566. The van der Waals surface area contributed by atoms with Crippen LogP contribution in [0.2, 0.25) is 0 Å². The van der Waals surface area contributed by atoms with Crippen molar-refractivity contribution in [3.8, 4) is 0 Å². The molecule has 76 valence electrons. The minimum Gasteiger partial charge on any atom is -0.387 e. The number of amidine groups is 1. The third-order valence-corrected chi connectivity index (χ3v) is 2.47. The molecule has 0 aliphatic heterocycles. The fraction of sp³-hybridized carbons (Fsp3) is 0.900. The lowest BCUT2D eigenvalue weighted by atomic mass is 10.3. The summed E-state index contributed by atoms with van der Waals surface area (Å²) in [7, 11) is 0. The van der Waals surface area contributed by atoms with Crippen molar-refractivity contribution in [3.63, 3.8) is 0 Å². The Morgan fingerprint density at radius 3 is 2.46 bits per heavy atom. The van der Waals surface area contributed by atoms with Crippen LogP contribution in [0, 0.1) is 0 Å². The van der Waals surface area contributed by atoms with Crippen molar-refractivity contribution in [1.29, 1.82) is 0 Å². The van der Waals surface area contributed by atoms with Gasteiger partial charge in [-0.15, -0.1) is 0 Å². The zero-order valence-corrected chi connectivity index (χ0v) is 8.79. The lowest BCUT2D eigenvalue weighted by Gasteiger charge is -2.17. The summed E-state index contributed by atoms with van der Waals surface area (Å²) in [5.74, 6) is 0.842. The smallest absolute Gasteiger partial charge is 0.0953 e. The van der Waals surface area contributed by atoms with Crippen LogP contribution in [0.1, 0.15) is 33.1 Å².